The van der Waals surface area contributed by atoms with Crippen LogP contribution in [-0.2, 0) is 12.0 Å². The molecule has 2 rings (SSSR count). The maximum absolute atomic E-state index is 6.52. The lowest BCUT2D eigenvalue weighted by atomic mass is 9.81. The number of nitrogens with two attached hydrogens (primary N) is 1. The summed E-state index contributed by atoms with van der Waals surface area (Å²) in [6, 6.07) is 0. The number of nitrogens with zero attached hydrogens (tertiary/aromatic N) is 2. The minimum Gasteiger partial charge on any atom is -0.384 e. The normalized spacial score (nSPS) is 23.8. The predicted molar refractivity (Wildman–Crippen MR) is 90.6 cm³/mol. The van der Waals surface area contributed by atoms with Gasteiger partial charge in [0.15, 0.2) is 0 Å². The monoisotopic (exact) mass is 291 g/mol. The zero-order valence-electron chi connectivity index (χ0n) is 14.7. The Morgan fingerprint density at radius 2 is 1.76 bits per heavy atom. The molecule has 0 radical (unpaired) electrons. The van der Waals surface area contributed by atoms with Gasteiger partial charge in [-0.1, -0.05) is 54.4 Å². The average Bonchev–Trinajstić information content (AvgIpc) is 2.68. The lowest BCUT2D eigenvalue weighted by Gasteiger charge is -2.25. The highest BCUT2D eigenvalue weighted by molar-refractivity contribution is 5.42. The number of rotatable bonds is 3. The first-order chi connectivity index (χ1) is 9.70. The molecule has 21 heavy (non-hydrogen) atoms. The fourth-order valence-corrected chi connectivity index (χ4v) is 3.44. The van der Waals surface area contributed by atoms with Crippen LogP contribution in [0.25, 0.3) is 0 Å². The summed E-state index contributed by atoms with van der Waals surface area (Å²) in [5, 5.41) is 0. The minimum atomic E-state index is 0.0449. The fraction of sp³-hybridized carbons (Fsp3) is 0.833. The molecular weight excluding hydrogens is 258 g/mol. The second kappa shape index (κ2) is 6.02. The number of hydrogen-bond donors (Lipinski definition) is 1. The van der Waals surface area contributed by atoms with Gasteiger partial charge in [0.1, 0.15) is 11.6 Å². The first kappa shape index (κ1) is 16.4. The molecule has 0 amide bonds. The highest BCUT2D eigenvalue weighted by atomic mass is 15.2. The Morgan fingerprint density at radius 1 is 1.19 bits per heavy atom. The van der Waals surface area contributed by atoms with Gasteiger partial charge in [-0.15, -0.1) is 0 Å². The topological polar surface area (TPSA) is 43.8 Å². The van der Waals surface area contributed by atoms with Crippen LogP contribution < -0.4 is 5.73 Å². The van der Waals surface area contributed by atoms with Crippen molar-refractivity contribution in [2.75, 3.05) is 5.73 Å². The van der Waals surface area contributed by atoms with Crippen LogP contribution in [-0.4, -0.2) is 9.55 Å². The third-order valence-corrected chi connectivity index (χ3v) is 4.66. The Morgan fingerprint density at radius 3 is 2.24 bits per heavy atom. The van der Waals surface area contributed by atoms with Crippen molar-refractivity contribution in [3.05, 3.63) is 11.5 Å². The number of hydrogen-bond acceptors (Lipinski definition) is 2. The van der Waals surface area contributed by atoms with E-state index < -0.39 is 0 Å². The van der Waals surface area contributed by atoms with E-state index in [0.29, 0.717) is 11.8 Å². The van der Waals surface area contributed by atoms with E-state index in [1.54, 1.807) is 0 Å². The highest BCUT2D eigenvalue weighted by Gasteiger charge is 2.30. The Balaban J connectivity index is 2.36. The first-order valence-corrected chi connectivity index (χ1v) is 8.56. The van der Waals surface area contributed by atoms with Crippen molar-refractivity contribution in [3.63, 3.8) is 0 Å². The molecule has 2 N–H and O–H groups in total. The summed E-state index contributed by atoms with van der Waals surface area (Å²) in [6.07, 6.45) is 5.11. The molecule has 0 unspecified atom stereocenters. The Labute approximate surface area is 130 Å². The molecule has 0 aliphatic heterocycles. The molecule has 1 heterocycles. The molecule has 0 saturated heterocycles. The van der Waals surface area contributed by atoms with E-state index in [0.717, 1.165) is 24.1 Å². The van der Waals surface area contributed by atoms with Crippen LogP contribution in [0.1, 0.15) is 84.7 Å². The summed E-state index contributed by atoms with van der Waals surface area (Å²) in [7, 11) is 0. The van der Waals surface area contributed by atoms with Crippen LogP contribution in [0.5, 0.6) is 0 Å². The van der Waals surface area contributed by atoms with Gasteiger partial charge in [-0.05, 0) is 24.7 Å². The van der Waals surface area contributed by atoms with Crippen molar-refractivity contribution < 1.29 is 0 Å². The Hall–Kier alpha value is -0.990. The molecule has 0 aromatic carbocycles. The number of anilines is 1. The maximum Gasteiger partial charge on any atom is 0.127 e. The van der Waals surface area contributed by atoms with Crippen LogP contribution in [0.3, 0.4) is 0 Å². The van der Waals surface area contributed by atoms with Gasteiger partial charge in [0.05, 0.1) is 5.69 Å². The first-order valence-electron chi connectivity index (χ1n) is 8.56. The van der Waals surface area contributed by atoms with E-state index in [2.05, 4.69) is 46.1 Å². The molecule has 0 bridgehead atoms. The van der Waals surface area contributed by atoms with Gasteiger partial charge < -0.3 is 10.3 Å². The molecule has 0 atom stereocenters. The third kappa shape index (κ3) is 3.61. The lowest BCUT2D eigenvalue weighted by Crippen LogP contribution is -2.21. The fourth-order valence-electron chi connectivity index (χ4n) is 3.44. The van der Waals surface area contributed by atoms with Crippen LogP contribution >= 0.6 is 0 Å². The highest BCUT2D eigenvalue weighted by Crippen LogP contribution is 2.39. The molecule has 120 valence electrons. The second-order valence-corrected chi connectivity index (χ2v) is 8.42. The van der Waals surface area contributed by atoms with Gasteiger partial charge in [0.25, 0.3) is 0 Å². The van der Waals surface area contributed by atoms with E-state index in [-0.39, 0.29) is 5.41 Å². The number of aromatic nitrogens is 2. The molecule has 1 aromatic rings. The van der Waals surface area contributed by atoms with E-state index in [1.807, 2.05) is 0 Å². The third-order valence-electron chi connectivity index (χ3n) is 4.66. The molecule has 3 nitrogen and oxygen atoms in total. The zero-order chi connectivity index (χ0) is 15.8. The SMILES string of the molecule is CC(C)Cn1c(C(C)(C)C)nc(C2CCC(C)CC2)c1N. The summed E-state index contributed by atoms with van der Waals surface area (Å²) < 4.78 is 2.28. The van der Waals surface area contributed by atoms with Crippen molar-refractivity contribution >= 4 is 5.82 Å². The van der Waals surface area contributed by atoms with Gasteiger partial charge in [-0.25, -0.2) is 4.98 Å². The Bertz CT molecular complexity index is 471. The molecule has 1 saturated carbocycles. The van der Waals surface area contributed by atoms with Crippen LogP contribution in [0.15, 0.2) is 0 Å². The van der Waals surface area contributed by atoms with E-state index in [9.17, 15) is 0 Å². The van der Waals surface area contributed by atoms with Gasteiger partial charge in [-0.3, -0.25) is 0 Å². The summed E-state index contributed by atoms with van der Waals surface area (Å²) >= 11 is 0. The molecule has 3 heteroatoms. The molecule has 1 aliphatic carbocycles. The van der Waals surface area contributed by atoms with Crippen molar-refractivity contribution in [3.8, 4) is 0 Å². The lowest BCUT2D eigenvalue weighted by molar-refractivity contribution is 0.344. The van der Waals surface area contributed by atoms with E-state index >= 15 is 0 Å². The zero-order valence-corrected chi connectivity index (χ0v) is 14.7. The van der Waals surface area contributed by atoms with Gasteiger partial charge in [0.2, 0.25) is 0 Å². The molecule has 0 spiro atoms. The molecule has 1 aliphatic rings. The largest absolute Gasteiger partial charge is 0.384 e. The van der Waals surface area contributed by atoms with Crippen molar-refractivity contribution in [2.24, 2.45) is 11.8 Å². The number of nitrogen functional groups attached to an aromatic ring is 1. The van der Waals surface area contributed by atoms with Crippen molar-refractivity contribution in [2.45, 2.75) is 85.1 Å². The Kier molecular flexibility index (Phi) is 4.69. The van der Waals surface area contributed by atoms with Crippen LogP contribution in [0.2, 0.25) is 0 Å². The predicted octanol–water partition coefficient (Wildman–Crippen LogP) is 4.71. The van der Waals surface area contributed by atoms with Crippen molar-refractivity contribution in [1.29, 1.82) is 0 Å². The van der Waals surface area contributed by atoms with E-state index in [4.69, 9.17) is 10.7 Å². The molecular formula is C18H33N3. The molecule has 1 aromatic heterocycles. The maximum atomic E-state index is 6.52. The van der Waals surface area contributed by atoms with Gasteiger partial charge >= 0.3 is 0 Å². The van der Waals surface area contributed by atoms with E-state index in [1.165, 1.54) is 31.4 Å². The van der Waals surface area contributed by atoms with Gasteiger partial charge in [0, 0.05) is 17.9 Å². The molecule has 1 fully saturated rings. The summed E-state index contributed by atoms with van der Waals surface area (Å²) in [6.45, 7) is 14.5. The number of imidazole rings is 1. The van der Waals surface area contributed by atoms with Crippen LogP contribution in [0.4, 0.5) is 5.82 Å². The smallest absolute Gasteiger partial charge is 0.127 e. The summed E-state index contributed by atoms with van der Waals surface area (Å²) in [5.41, 5.74) is 7.73. The minimum absolute atomic E-state index is 0.0449. The summed E-state index contributed by atoms with van der Waals surface area (Å²) in [4.78, 5) is 5.02. The summed E-state index contributed by atoms with van der Waals surface area (Å²) in [5.74, 6) is 4.09. The average molecular weight is 291 g/mol. The van der Waals surface area contributed by atoms with Crippen molar-refractivity contribution in [1.82, 2.24) is 9.55 Å². The second-order valence-electron chi connectivity index (χ2n) is 8.42. The van der Waals surface area contributed by atoms with Crippen LogP contribution in [0, 0.1) is 11.8 Å². The standard InChI is InChI=1S/C18H33N3/c1-12(2)11-21-16(19)15(20-17(21)18(4,5)6)14-9-7-13(3)8-10-14/h12-14H,7-11,19H2,1-6H3. The van der Waals surface area contributed by atoms with Gasteiger partial charge in [-0.2, -0.15) is 0 Å². The quantitative estimate of drug-likeness (QED) is 0.876.